The molecule has 0 bridgehead atoms. The molecule has 2 aromatic carbocycles. The van der Waals surface area contributed by atoms with Crippen molar-refractivity contribution in [3.8, 4) is 29.1 Å². The van der Waals surface area contributed by atoms with E-state index in [1.165, 1.54) is 0 Å². The lowest BCUT2D eigenvalue weighted by atomic mass is 9.93. The minimum Gasteiger partial charge on any atom is -0.497 e. The molecule has 0 radical (unpaired) electrons. The average molecular weight is 327 g/mol. The molecular weight excluding hydrogens is 306 g/mol. The van der Waals surface area contributed by atoms with Crippen LogP contribution in [-0.4, -0.2) is 28.4 Å². The highest BCUT2D eigenvalue weighted by molar-refractivity contribution is 5.54. The number of nitrogens with zero attached hydrogens (tertiary/aromatic N) is 1. The summed E-state index contributed by atoms with van der Waals surface area (Å²) in [4.78, 5) is 0. The number of ether oxygens (including phenoxy) is 4. The Labute approximate surface area is 142 Å². The first-order valence-electron chi connectivity index (χ1n) is 7.49. The van der Waals surface area contributed by atoms with Crippen LogP contribution in [0.5, 0.6) is 23.0 Å². The van der Waals surface area contributed by atoms with Crippen LogP contribution >= 0.6 is 0 Å². The highest BCUT2D eigenvalue weighted by atomic mass is 16.5. The van der Waals surface area contributed by atoms with Crippen LogP contribution in [0.25, 0.3) is 0 Å². The summed E-state index contributed by atoms with van der Waals surface area (Å²) in [5.41, 5.74) is 1.87. The number of nitriles is 1. The van der Waals surface area contributed by atoms with Gasteiger partial charge in [-0.3, -0.25) is 0 Å². The highest BCUT2D eigenvalue weighted by Crippen LogP contribution is 2.39. The Balaban J connectivity index is 2.31. The lowest BCUT2D eigenvalue weighted by molar-refractivity contribution is 0.323. The van der Waals surface area contributed by atoms with E-state index in [1.54, 1.807) is 28.4 Å². The Morgan fingerprint density at radius 3 is 1.88 bits per heavy atom. The van der Waals surface area contributed by atoms with Gasteiger partial charge in [0.25, 0.3) is 0 Å². The molecular formula is C19H21NO4. The summed E-state index contributed by atoms with van der Waals surface area (Å²) in [6.07, 6.45) is 0.541. The molecule has 0 spiro atoms. The predicted molar refractivity (Wildman–Crippen MR) is 91.2 cm³/mol. The predicted octanol–water partition coefficient (Wildman–Crippen LogP) is 3.57. The summed E-state index contributed by atoms with van der Waals surface area (Å²) < 4.78 is 21.2. The molecule has 5 heteroatoms. The molecule has 0 unspecified atom stereocenters. The van der Waals surface area contributed by atoms with Gasteiger partial charge in [-0.15, -0.1) is 0 Å². The fourth-order valence-electron chi connectivity index (χ4n) is 2.56. The van der Waals surface area contributed by atoms with Crippen molar-refractivity contribution in [2.75, 3.05) is 28.4 Å². The maximum atomic E-state index is 9.55. The van der Waals surface area contributed by atoms with Gasteiger partial charge < -0.3 is 18.9 Å². The molecule has 2 rings (SSSR count). The van der Waals surface area contributed by atoms with Crippen molar-refractivity contribution in [1.82, 2.24) is 0 Å². The molecule has 126 valence electrons. The molecule has 0 aliphatic heterocycles. The molecule has 0 aliphatic rings. The summed E-state index contributed by atoms with van der Waals surface area (Å²) in [7, 11) is 6.33. The first-order valence-corrected chi connectivity index (χ1v) is 7.49. The monoisotopic (exact) mass is 327 g/mol. The Morgan fingerprint density at radius 2 is 1.46 bits per heavy atom. The van der Waals surface area contributed by atoms with E-state index >= 15 is 0 Å². The molecule has 0 amide bonds. The van der Waals surface area contributed by atoms with Crippen LogP contribution < -0.4 is 18.9 Å². The van der Waals surface area contributed by atoms with Gasteiger partial charge in [0.05, 0.1) is 40.4 Å². The van der Waals surface area contributed by atoms with Crippen molar-refractivity contribution in [2.24, 2.45) is 0 Å². The van der Waals surface area contributed by atoms with Gasteiger partial charge in [-0.1, -0.05) is 12.1 Å². The van der Waals surface area contributed by atoms with Gasteiger partial charge in [-0.25, -0.2) is 0 Å². The first-order chi connectivity index (χ1) is 11.7. The van der Waals surface area contributed by atoms with Crippen LogP contribution in [0.4, 0.5) is 0 Å². The van der Waals surface area contributed by atoms with E-state index in [0.717, 1.165) is 16.9 Å². The van der Waals surface area contributed by atoms with Gasteiger partial charge in [0.2, 0.25) is 5.75 Å². The van der Waals surface area contributed by atoms with E-state index in [4.69, 9.17) is 18.9 Å². The van der Waals surface area contributed by atoms with Crippen LogP contribution in [0.2, 0.25) is 0 Å². The van der Waals surface area contributed by atoms with Gasteiger partial charge in [-0.2, -0.15) is 5.26 Å². The topological polar surface area (TPSA) is 60.7 Å². The van der Waals surface area contributed by atoms with Gasteiger partial charge in [0.1, 0.15) is 5.75 Å². The molecule has 0 aromatic heterocycles. The third-order valence-corrected chi connectivity index (χ3v) is 3.84. The smallest absolute Gasteiger partial charge is 0.203 e. The zero-order valence-corrected chi connectivity index (χ0v) is 14.3. The maximum absolute atomic E-state index is 9.55. The quantitative estimate of drug-likeness (QED) is 0.778. The van der Waals surface area contributed by atoms with Crippen molar-refractivity contribution in [3.63, 3.8) is 0 Å². The summed E-state index contributed by atoms with van der Waals surface area (Å²) >= 11 is 0. The zero-order valence-electron chi connectivity index (χ0n) is 14.3. The second-order valence-electron chi connectivity index (χ2n) is 5.19. The Bertz CT molecular complexity index is 694. The largest absolute Gasteiger partial charge is 0.497 e. The summed E-state index contributed by atoms with van der Waals surface area (Å²) in [6, 6.07) is 13.6. The molecule has 1 atom stereocenters. The van der Waals surface area contributed by atoms with Crippen LogP contribution in [0.1, 0.15) is 17.0 Å². The molecule has 0 saturated heterocycles. The fourth-order valence-corrected chi connectivity index (χ4v) is 2.56. The minimum absolute atomic E-state index is 0.279. The van der Waals surface area contributed by atoms with Crippen molar-refractivity contribution in [3.05, 3.63) is 47.5 Å². The Hall–Kier alpha value is -2.87. The van der Waals surface area contributed by atoms with E-state index in [9.17, 15) is 5.26 Å². The second kappa shape index (κ2) is 8.11. The van der Waals surface area contributed by atoms with Crippen molar-refractivity contribution in [2.45, 2.75) is 12.3 Å². The van der Waals surface area contributed by atoms with E-state index < -0.39 is 0 Å². The molecule has 0 aliphatic carbocycles. The van der Waals surface area contributed by atoms with E-state index in [0.29, 0.717) is 23.7 Å². The van der Waals surface area contributed by atoms with Crippen LogP contribution in [0, 0.1) is 11.3 Å². The minimum atomic E-state index is -0.279. The normalized spacial score (nSPS) is 11.3. The molecule has 0 N–H and O–H groups in total. The van der Waals surface area contributed by atoms with Crippen molar-refractivity contribution < 1.29 is 18.9 Å². The third-order valence-electron chi connectivity index (χ3n) is 3.84. The number of rotatable bonds is 7. The van der Waals surface area contributed by atoms with Crippen LogP contribution in [0.3, 0.4) is 0 Å². The number of hydrogen-bond donors (Lipinski definition) is 0. The summed E-state index contributed by atoms with van der Waals surface area (Å²) in [5, 5.41) is 9.55. The lowest BCUT2D eigenvalue weighted by Gasteiger charge is -2.16. The number of hydrogen-bond acceptors (Lipinski definition) is 5. The molecule has 0 saturated carbocycles. The van der Waals surface area contributed by atoms with E-state index in [1.807, 2.05) is 36.4 Å². The van der Waals surface area contributed by atoms with Gasteiger partial charge >= 0.3 is 0 Å². The van der Waals surface area contributed by atoms with E-state index in [2.05, 4.69) is 6.07 Å². The molecule has 24 heavy (non-hydrogen) atoms. The van der Waals surface area contributed by atoms with Gasteiger partial charge in [0, 0.05) is 0 Å². The summed E-state index contributed by atoms with van der Waals surface area (Å²) in [5.74, 6) is 2.19. The zero-order chi connectivity index (χ0) is 17.5. The Morgan fingerprint density at radius 1 is 0.875 bits per heavy atom. The first kappa shape index (κ1) is 17.5. The highest BCUT2D eigenvalue weighted by Gasteiger charge is 2.17. The van der Waals surface area contributed by atoms with Gasteiger partial charge in [0.15, 0.2) is 11.5 Å². The lowest BCUT2D eigenvalue weighted by Crippen LogP contribution is -2.03. The van der Waals surface area contributed by atoms with Crippen molar-refractivity contribution >= 4 is 0 Å². The molecule has 0 heterocycles. The van der Waals surface area contributed by atoms with Gasteiger partial charge in [-0.05, 0) is 41.8 Å². The third kappa shape index (κ3) is 3.72. The summed E-state index contributed by atoms with van der Waals surface area (Å²) in [6.45, 7) is 0. The average Bonchev–Trinajstić information content (AvgIpc) is 2.65. The van der Waals surface area contributed by atoms with E-state index in [-0.39, 0.29) is 5.92 Å². The van der Waals surface area contributed by atoms with Crippen LogP contribution in [-0.2, 0) is 6.42 Å². The second-order valence-corrected chi connectivity index (χ2v) is 5.19. The number of benzene rings is 2. The molecule has 5 nitrogen and oxygen atoms in total. The standard InChI is InChI=1S/C19H21NO4/c1-21-16-7-5-14(6-8-16)15(12-20)9-13-10-17(22-2)19(24-4)18(11-13)23-3/h5-8,10-11,15H,9H2,1-4H3/t15-/m0/s1. The number of methoxy groups -OCH3 is 4. The molecule has 0 fully saturated rings. The Kier molecular flexibility index (Phi) is 5.91. The fraction of sp³-hybridized carbons (Fsp3) is 0.316. The SMILES string of the molecule is COc1ccc([C@H](C#N)Cc2cc(OC)c(OC)c(OC)c2)cc1. The van der Waals surface area contributed by atoms with Crippen molar-refractivity contribution in [1.29, 1.82) is 5.26 Å². The maximum Gasteiger partial charge on any atom is 0.203 e. The molecule has 2 aromatic rings. The van der Waals surface area contributed by atoms with Crippen LogP contribution in [0.15, 0.2) is 36.4 Å².